The van der Waals surface area contributed by atoms with Crippen molar-refractivity contribution in [3.8, 4) is 5.75 Å². The number of nitrogens with zero attached hydrogens (tertiary/aromatic N) is 5. The van der Waals surface area contributed by atoms with E-state index in [9.17, 15) is 0 Å². The fraction of sp³-hybridized carbons (Fsp3) is 0.588. The van der Waals surface area contributed by atoms with Gasteiger partial charge in [-0.3, -0.25) is 9.88 Å². The van der Waals surface area contributed by atoms with Gasteiger partial charge >= 0.3 is 0 Å². The van der Waals surface area contributed by atoms with Gasteiger partial charge in [0.25, 0.3) is 0 Å². The van der Waals surface area contributed by atoms with Crippen LogP contribution in [0.15, 0.2) is 12.4 Å². The molecule has 0 spiro atoms. The van der Waals surface area contributed by atoms with Gasteiger partial charge in [0, 0.05) is 37.0 Å². The molecule has 0 bridgehead atoms. The second-order valence-electron chi connectivity index (χ2n) is 6.66. The van der Waals surface area contributed by atoms with E-state index < -0.39 is 0 Å². The molecule has 128 valence electrons. The summed E-state index contributed by atoms with van der Waals surface area (Å²) in [7, 11) is 1.72. The largest absolute Gasteiger partial charge is 0.496 e. The van der Waals surface area contributed by atoms with Crippen LogP contribution in [0, 0.1) is 13.8 Å². The summed E-state index contributed by atoms with van der Waals surface area (Å²) in [6.07, 6.45) is 4.93. The molecule has 24 heavy (non-hydrogen) atoms. The lowest BCUT2D eigenvalue weighted by molar-refractivity contribution is -0.0671. The summed E-state index contributed by atoms with van der Waals surface area (Å²) < 4.78 is 13.5. The van der Waals surface area contributed by atoms with Gasteiger partial charge in [0.15, 0.2) is 0 Å². The number of rotatable bonds is 3. The number of ether oxygens (including phenoxy) is 2. The van der Waals surface area contributed by atoms with Crippen LogP contribution >= 0.6 is 0 Å². The van der Waals surface area contributed by atoms with Gasteiger partial charge in [-0.05, 0) is 20.3 Å². The molecule has 4 heterocycles. The van der Waals surface area contributed by atoms with Crippen LogP contribution in [0.1, 0.15) is 35.0 Å². The zero-order chi connectivity index (χ0) is 16.7. The fourth-order valence-electron chi connectivity index (χ4n) is 3.83. The van der Waals surface area contributed by atoms with Crippen molar-refractivity contribution in [3.63, 3.8) is 0 Å². The molecule has 1 fully saturated rings. The van der Waals surface area contributed by atoms with Crippen molar-refractivity contribution in [1.82, 2.24) is 24.9 Å². The average Bonchev–Trinajstić information content (AvgIpc) is 3.07. The predicted molar refractivity (Wildman–Crippen MR) is 87.8 cm³/mol. The molecule has 2 atom stereocenters. The first-order valence-corrected chi connectivity index (χ1v) is 8.39. The number of pyridine rings is 1. The minimum Gasteiger partial charge on any atom is -0.496 e. The Bertz CT molecular complexity index is 745. The third-order valence-electron chi connectivity index (χ3n) is 5.14. The molecular formula is C17H23N5O2. The number of hydrogen-bond donors (Lipinski definition) is 0. The average molecular weight is 329 g/mol. The molecule has 2 aromatic heterocycles. The van der Waals surface area contributed by atoms with Crippen LogP contribution in [0.4, 0.5) is 0 Å². The van der Waals surface area contributed by atoms with E-state index in [0.717, 1.165) is 54.3 Å². The monoisotopic (exact) mass is 329 g/mol. The second-order valence-corrected chi connectivity index (χ2v) is 6.66. The Balaban J connectivity index is 1.54. The van der Waals surface area contributed by atoms with Gasteiger partial charge < -0.3 is 9.47 Å². The molecule has 0 amide bonds. The summed E-state index contributed by atoms with van der Waals surface area (Å²) in [4.78, 5) is 7.05. The number of hydrogen-bond acceptors (Lipinski definition) is 6. The maximum atomic E-state index is 5.98. The third-order valence-corrected chi connectivity index (χ3v) is 5.14. The molecule has 0 saturated carbocycles. The number of aromatic nitrogens is 4. The van der Waals surface area contributed by atoms with E-state index in [1.165, 1.54) is 0 Å². The van der Waals surface area contributed by atoms with E-state index in [2.05, 4.69) is 27.1 Å². The standard InChI is InChI=1S/C17H23N5O2/c1-11-6-18-14(12(2)17(11)23-3)8-21-5-4-16-15(9-21)22-13(10-24-16)7-19-20-22/h6-7,15-16H,4-5,8-10H2,1-3H3/t15-,16-/m1/s1. The van der Waals surface area contributed by atoms with E-state index in [1.54, 1.807) is 13.3 Å². The zero-order valence-corrected chi connectivity index (χ0v) is 14.4. The lowest BCUT2D eigenvalue weighted by Crippen LogP contribution is -2.47. The Morgan fingerprint density at radius 1 is 1.33 bits per heavy atom. The van der Waals surface area contributed by atoms with Crippen LogP contribution in [0.3, 0.4) is 0 Å². The minimum atomic E-state index is 0.233. The third kappa shape index (κ3) is 2.57. The van der Waals surface area contributed by atoms with Crippen molar-refractivity contribution in [2.45, 2.75) is 45.6 Å². The topological polar surface area (TPSA) is 65.3 Å². The molecule has 0 aliphatic carbocycles. The highest BCUT2D eigenvalue weighted by Gasteiger charge is 2.36. The maximum Gasteiger partial charge on any atom is 0.128 e. The van der Waals surface area contributed by atoms with E-state index in [1.807, 2.05) is 17.8 Å². The van der Waals surface area contributed by atoms with Gasteiger partial charge in [0.2, 0.25) is 0 Å². The van der Waals surface area contributed by atoms with E-state index >= 15 is 0 Å². The van der Waals surface area contributed by atoms with Gasteiger partial charge in [-0.15, -0.1) is 5.10 Å². The first-order valence-electron chi connectivity index (χ1n) is 8.39. The van der Waals surface area contributed by atoms with Crippen LogP contribution in [-0.4, -0.2) is 51.2 Å². The molecule has 2 aliphatic rings. The van der Waals surface area contributed by atoms with Crippen molar-refractivity contribution in [2.75, 3.05) is 20.2 Å². The van der Waals surface area contributed by atoms with E-state index in [4.69, 9.17) is 9.47 Å². The van der Waals surface area contributed by atoms with Crippen molar-refractivity contribution in [3.05, 3.63) is 34.9 Å². The van der Waals surface area contributed by atoms with Crippen molar-refractivity contribution >= 4 is 0 Å². The quantitative estimate of drug-likeness (QED) is 0.853. The summed E-state index contributed by atoms with van der Waals surface area (Å²) in [6, 6.07) is 0.234. The highest BCUT2D eigenvalue weighted by molar-refractivity contribution is 5.41. The van der Waals surface area contributed by atoms with Crippen molar-refractivity contribution < 1.29 is 9.47 Å². The van der Waals surface area contributed by atoms with Gasteiger partial charge in [0.1, 0.15) is 5.75 Å². The number of piperidine rings is 1. The first kappa shape index (κ1) is 15.5. The van der Waals surface area contributed by atoms with Gasteiger partial charge in [-0.25, -0.2) is 4.68 Å². The molecule has 4 rings (SSSR count). The predicted octanol–water partition coefficient (Wildman–Crippen LogP) is 1.64. The summed E-state index contributed by atoms with van der Waals surface area (Å²) >= 11 is 0. The van der Waals surface area contributed by atoms with Crippen LogP contribution < -0.4 is 4.74 Å². The second kappa shape index (κ2) is 6.14. The summed E-state index contributed by atoms with van der Waals surface area (Å²) in [6.45, 7) is 7.44. The molecule has 7 nitrogen and oxygen atoms in total. The number of fused-ring (bicyclic) bond motifs is 3. The lowest BCUT2D eigenvalue weighted by atomic mass is 10.00. The number of aryl methyl sites for hydroxylation is 1. The van der Waals surface area contributed by atoms with E-state index in [-0.39, 0.29) is 12.1 Å². The summed E-state index contributed by atoms with van der Waals surface area (Å²) in [5.74, 6) is 0.939. The smallest absolute Gasteiger partial charge is 0.128 e. The maximum absolute atomic E-state index is 5.98. The Morgan fingerprint density at radius 3 is 3.04 bits per heavy atom. The normalized spacial score (nSPS) is 23.6. The van der Waals surface area contributed by atoms with Crippen LogP contribution in [0.5, 0.6) is 5.75 Å². The van der Waals surface area contributed by atoms with Crippen molar-refractivity contribution in [2.24, 2.45) is 0 Å². The van der Waals surface area contributed by atoms with Crippen LogP contribution in [0.2, 0.25) is 0 Å². The Hall–Kier alpha value is -1.99. The Kier molecular flexibility index (Phi) is 3.97. The number of likely N-dealkylation sites (tertiary alicyclic amines) is 1. The minimum absolute atomic E-state index is 0.233. The Morgan fingerprint density at radius 2 is 2.21 bits per heavy atom. The Labute approximate surface area is 141 Å². The molecule has 0 aromatic carbocycles. The highest BCUT2D eigenvalue weighted by atomic mass is 16.5. The van der Waals surface area contributed by atoms with Crippen LogP contribution in [0.25, 0.3) is 0 Å². The first-order chi connectivity index (χ1) is 11.7. The molecule has 1 saturated heterocycles. The SMILES string of the molecule is COc1c(C)cnc(CN2CC[C@H]3OCc4cnnn4[C@@H]3C2)c1C. The van der Waals surface area contributed by atoms with Crippen LogP contribution in [-0.2, 0) is 17.9 Å². The number of methoxy groups -OCH3 is 1. The molecule has 0 N–H and O–H groups in total. The molecule has 7 heteroatoms. The zero-order valence-electron chi connectivity index (χ0n) is 14.4. The van der Waals surface area contributed by atoms with Gasteiger partial charge in [-0.1, -0.05) is 5.21 Å². The fourth-order valence-corrected chi connectivity index (χ4v) is 3.83. The highest BCUT2D eigenvalue weighted by Crippen LogP contribution is 2.31. The summed E-state index contributed by atoms with van der Waals surface area (Å²) in [5.41, 5.74) is 4.34. The molecule has 2 aliphatic heterocycles. The molecular weight excluding hydrogens is 306 g/mol. The van der Waals surface area contributed by atoms with Gasteiger partial charge in [0.05, 0.1) is 43.4 Å². The summed E-state index contributed by atoms with van der Waals surface area (Å²) in [5, 5.41) is 8.30. The molecule has 2 aromatic rings. The van der Waals surface area contributed by atoms with Gasteiger partial charge in [-0.2, -0.15) is 0 Å². The molecule has 0 radical (unpaired) electrons. The van der Waals surface area contributed by atoms with Crippen molar-refractivity contribution in [1.29, 1.82) is 0 Å². The molecule has 0 unspecified atom stereocenters. The lowest BCUT2D eigenvalue weighted by Gasteiger charge is -2.41. The van der Waals surface area contributed by atoms with E-state index in [0.29, 0.717) is 6.61 Å².